The number of hydrogen-bond acceptors (Lipinski definition) is 4. The van der Waals surface area contributed by atoms with E-state index in [4.69, 9.17) is 4.42 Å². The van der Waals surface area contributed by atoms with Gasteiger partial charge in [-0.05, 0) is 43.4 Å². The lowest BCUT2D eigenvalue weighted by atomic mass is 9.92. The van der Waals surface area contributed by atoms with Gasteiger partial charge in [-0.25, -0.2) is 4.79 Å². The lowest BCUT2D eigenvalue weighted by molar-refractivity contribution is 0.0944. The van der Waals surface area contributed by atoms with Crippen molar-refractivity contribution in [3.05, 3.63) is 46.3 Å². The van der Waals surface area contributed by atoms with Crippen LogP contribution in [0.3, 0.4) is 0 Å². The lowest BCUT2D eigenvalue weighted by Gasteiger charge is -2.34. The van der Waals surface area contributed by atoms with Gasteiger partial charge in [0.1, 0.15) is 11.1 Å². The molecule has 0 aliphatic carbocycles. The monoisotopic (exact) mass is 342 g/mol. The molecule has 1 saturated heterocycles. The van der Waals surface area contributed by atoms with E-state index in [1.807, 2.05) is 12.1 Å². The number of carbonyl (C=O) groups is 1. The third kappa shape index (κ3) is 4.48. The molecule has 0 spiro atoms. The summed E-state index contributed by atoms with van der Waals surface area (Å²) in [6.07, 6.45) is 2.18. The lowest BCUT2D eigenvalue weighted by Crippen LogP contribution is -2.40. The highest BCUT2D eigenvalue weighted by Gasteiger charge is 2.21. The molecule has 1 aliphatic rings. The largest absolute Gasteiger partial charge is 0.422 e. The van der Waals surface area contributed by atoms with Gasteiger partial charge in [-0.3, -0.25) is 4.79 Å². The van der Waals surface area contributed by atoms with E-state index in [1.165, 1.54) is 6.42 Å². The fourth-order valence-corrected chi connectivity index (χ4v) is 3.79. The Labute approximate surface area is 148 Å². The van der Waals surface area contributed by atoms with Gasteiger partial charge in [-0.1, -0.05) is 32.0 Å². The fraction of sp³-hybridized carbons (Fsp3) is 0.500. The van der Waals surface area contributed by atoms with Crippen LogP contribution < -0.4 is 10.9 Å². The Hall–Kier alpha value is -2.14. The van der Waals surface area contributed by atoms with Gasteiger partial charge in [0.25, 0.3) is 5.91 Å². The fourth-order valence-electron chi connectivity index (χ4n) is 3.79. The van der Waals surface area contributed by atoms with Crippen LogP contribution in [0.5, 0.6) is 0 Å². The Morgan fingerprint density at radius 3 is 2.72 bits per heavy atom. The van der Waals surface area contributed by atoms with Crippen LogP contribution >= 0.6 is 0 Å². The molecule has 0 bridgehead atoms. The molecule has 2 atom stereocenters. The highest BCUT2D eigenvalue weighted by atomic mass is 16.4. The Morgan fingerprint density at radius 1 is 1.24 bits per heavy atom. The Morgan fingerprint density at radius 2 is 1.96 bits per heavy atom. The second-order valence-electron chi connectivity index (χ2n) is 7.30. The molecule has 1 aromatic heterocycles. The summed E-state index contributed by atoms with van der Waals surface area (Å²) < 4.78 is 5.21. The first kappa shape index (κ1) is 17.7. The summed E-state index contributed by atoms with van der Waals surface area (Å²) in [7, 11) is 0. The maximum absolute atomic E-state index is 12.3. The number of rotatable bonds is 5. The maximum Gasteiger partial charge on any atom is 0.349 e. The molecule has 1 N–H and O–H groups in total. The first-order valence-electron chi connectivity index (χ1n) is 9.06. The number of piperidine rings is 1. The summed E-state index contributed by atoms with van der Waals surface area (Å²) in [5.74, 6) is 1.11. The first-order valence-corrected chi connectivity index (χ1v) is 9.06. The van der Waals surface area contributed by atoms with Crippen LogP contribution in [0.25, 0.3) is 11.0 Å². The van der Waals surface area contributed by atoms with Crippen molar-refractivity contribution in [2.45, 2.75) is 26.7 Å². The summed E-state index contributed by atoms with van der Waals surface area (Å²) in [5.41, 5.74) is -0.0221. The minimum absolute atomic E-state index is 0.0684. The second-order valence-corrected chi connectivity index (χ2v) is 7.30. The van der Waals surface area contributed by atoms with Crippen LogP contribution in [-0.4, -0.2) is 37.0 Å². The number of amides is 1. The maximum atomic E-state index is 12.3. The van der Waals surface area contributed by atoms with Crippen molar-refractivity contribution in [3.63, 3.8) is 0 Å². The summed E-state index contributed by atoms with van der Waals surface area (Å²) in [6.45, 7) is 8.39. The molecule has 2 unspecified atom stereocenters. The SMILES string of the molecule is CC1CC(C)CN(CCCNC(=O)c2cc3ccccc3oc2=O)C1. The molecule has 25 heavy (non-hydrogen) atoms. The number of likely N-dealkylation sites (tertiary alicyclic amines) is 1. The zero-order valence-electron chi connectivity index (χ0n) is 15.0. The molecule has 1 fully saturated rings. The second kappa shape index (κ2) is 7.83. The number of para-hydroxylation sites is 1. The average Bonchev–Trinajstić information content (AvgIpc) is 2.57. The van der Waals surface area contributed by atoms with E-state index in [-0.39, 0.29) is 11.5 Å². The molecule has 0 saturated carbocycles. The van der Waals surface area contributed by atoms with Crippen LogP contribution in [0.4, 0.5) is 0 Å². The minimum Gasteiger partial charge on any atom is -0.422 e. The van der Waals surface area contributed by atoms with E-state index in [0.29, 0.717) is 12.1 Å². The number of fused-ring (bicyclic) bond motifs is 1. The molecule has 5 heteroatoms. The van der Waals surface area contributed by atoms with Gasteiger partial charge in [-0.15, -0.1) is 0 Å². The quantitative estimate of drug-likeness (QED) is 0.670. The Balaban J connectivity index is 1.53. The van der Waals surface area contributed by atoms with Gasteiger partial charge in [0.05, 0.1) is 0 Å². The molecular formula is C20H26N2O3. The molecule has 1 amide bonds. The van der Waals surface area contributed by atoms with E-state index >= 15 is 0 Å². The van der Waals surface area contributed by atoms with E-state index < -0.39 is 5.63 Å². The molecular weight excluding hydrogens is 316 g/mol. The molecule has 2 heterocycles. The zero-order valence-corrected chi connectivity index (χ0v) is 15.0. The smallest absolute Gasteiger partial charge is 0.349 e. The molecule has 134 valence electrons. The van der Waals surface area contributed by atoms with Gasteiger partial charge in [0, 0.05) is 25.0 Å². The van der Waals surface area contributed by atoms with E-state index in [1.54, 1.807) is 18.2 Å². The normalized spacial score (nSPS) is 21.4. The number of benzene rings is 1. The number of carbonyl (C=O) groups excluding carboxylic acids is 1. The van der Waals surface area contributed by atoms with Crippen molar-refractivity contribution in [3.8, 4) is 0 Å². The molecule has 5 nitrogen and oxygen atoms in total. The highest BCUT2D eigenvalue weighted by molar-refractivity contribution is 5.96. The standard InChI is InChI=1S/C20H26N2O3/c1-14-10-15(2)13-22(12-14)9-5-8-21-19(23)17-11-16-6-3-4-7-18(16)25-20(17)24/h3-4,6-7,11,14-15H,5,8-10,12-13H2,1-2H3,(H,21,23). The summed E-state index contributed by atoms with van der Waals surface area (Å²) in [6, 6.07) is 8.80. The van der Waals surface area contributed by atoms with E-state index in [0.717, 1.165) is 43.3 Å². The Kier molecular flexibility index (Phi) is 5.53. The van der Waals surface area contributed by atoms with Gasteiger partial charge in [0.15, 0.2) is 0 Å². The van der Waals surface area contributed by atoms with E-state index in [2.05, 4.69) is 24.1 Å². The zero-order chi connectivity index (χ0) is 17.8. The van der Waals surface area contributed by atoms with Gasteiger partial charge < -0.3 is 14.6 Å². The summed E-state index contributed by atoms with van der Waals surface area (Å²) in [5, 5.41) is 3.59. The number of hydrogen-bond donors (Lipinski definition) is 1. The molecule has 2 aromatic rings. The Bertz CT molecular complexity index is 789. The van der Waals surface area contributed by atoms with Crippen molar-refractivity contribution in [1.29, 1.82) is 0 Å². The summed E-state index contributed by atoms with van der Waals surface area (Å²) >= 11 is 0. The predicted octanol–water partition coefficient (Wildman–Crippen LogP) is 2.89. The van der Waals surface area contributed by atoms with Gasteiger partial charge in [-0.2, -0.15) is 0 Å². The van der Waals surface area contributed by atoms with Crippen LogP contribution in [-0.2, 0) is 0 Å². The molecule has 3 rings (SSSR count). The molecule has 1 aromatic carbocycles. The summed E-state index contributed by atoms with van der Waals surface area (Å²) in [4.78, 5) is 26.7. The number of nitrogens with one attached hydrogen (secondary N) is 1. The highest BCUT2D eigenvalue weighted by Crippen LogP contribution is 2.20. The third-order valence-electron chi connectivity index (χ3n) is 4.77. The van der Waals surface area contributed by atoms with Gasteiger partial charge in [0.2, 0.25) is 0 Å². The first-order chi connectivity index (χ1) is 12.0. The topological polar surface area (TPSA) is 62.6 Å². The van der Waals surface area contributed by atoms with Crippen molar-refractivity contribution in [2.24, 2.45) is 11.8 Å². The molecule has 0 radical (unpaired) electrons. The number of nitrogens with zero attached hydrogens (tertiary/aromatic N) is 1. The van der Waals surface area contributed by atoms with Crippen LogP contribution in [0.2, 0.25) is 0 Å². The van der Waals surface area contributed by atoms with Crippen molar-refractivity contribution < 1.29 is 9.21 Å². The van der Waals surface area contributed by atoms with Crippen molar-refractivity contribution in [2.75, 3.05) is 26.2 Å². The van der Waals surface area contributed by atoms with Crippen LogP contribution in [0.1, 0.15) is 37.0 Å². The predicted molar refractivity (Wildman–Crippen MR) is 98.8 cm³/mol. The van der Waals surface area contributed by atoms with Gasteiger partial charge >= 0.3 is 5.63 Å². The van der Waals surface area contributed by atoms with Crippen molar-refractivity contribution in [1.82, 2.24) is 10.2 Å². The van der Waals surface area contributed by atoms with E-state index in [9.17, 15) is 9.59 Å². The van der Waals surface area contributed by atoms with Crippen LogP contribution in [0.15, 0.2) is 39.5 Å². The minimum atomic E-state index is -0.588. The third-order valence-corrected chi connectivity index (χ3v) is 4.77. The van der Waals surface area contributed by atoms with Crippen molar-refractivity contribution >= 4 is 16.9 Å². The molecule has 1 aliphatic heterocycles. The van der Waals surface area contributed by atoms with Crippen LogP contribution in [0, 0.1) is 11.8 Å². The average molecular weight is 342 g/mol.